The van der Waals surface area contributed by atoms with E-state index >= 15 is 0 Å². The number of hydrazone groups is 1. The van der Waals surface area contributed by atoms with E-state index in [9.17, 15) is 9.90 Å². The van der Waals surface area contributed by atoms with Crippen molar-refractivity contribution in [2.45, 2.75) is 55.7 Å². The first-order chi connectivity index (χ1) is 22.9. The van der Waals surface area contributed by atoms with Crippen LogP contribution in [0.15, 0.2) is 46.0 Å². The Bertz CT molecular complexity index is 1900. The molecule has 0 spiro atoms. The molecule has 5 heterocycles. The number of nitrogens with zero attached hydrogens (tertiary/aromatic N) is 5. The number of aryl methyl sites for hydroxylation is 4. The molecule has 0 amide bonds. The SMILES string of the molecule is Cn1nc2cc1CSc1cc3c(c(c1)OCCCc1c(C(=O)O)n(C)c4c(c(Cl)ccc14)/C=C1\CCCN1/N=C/CNC2)NCCC3. The Morgan fingerprint density at radius 3 is 2.87 bits per heavy atom. The number of hydrogen-bond donors (Lipinski definition) is 3. The van der Waals surface area contributed by atoms with E-state index in [-0.39, 0.29) is 5.69 Å². The highest BCUT2D eigenvalue weighted by atomic mass is 35.5. The quantitative estimate of drug-likeness (QED) is 0.212. The minimum absolute atomic E-state index is 0.287. The summed E-state index contributed by atoms with van der Waals surface area (Å²) < 4.78 is 10.2. The number of anilines is 1. The zero-order valence-corrected chi connectivity index (χ0v) is 28.4. The van der Waals surface area contributed by atoms with Crippen molar-refractivity contribution in [3.05, 3.63) is 74.8 Å². The van der Waals surface area contributed by atoms with Crippen LogP contribution in [0.2, 0.25) is 5.02 Å². The van der Waals surface area contributed by atoms with Gasteiger partial charge < -0.3 is 25.0 Å². The summed E-state index contributed by atoms with van der Waals surface area (Å²) in [6.45, 7) is 3.46. The van der Waals surface area contributed by atoms with Gasteiger partial charge >= 0.3 is 5.97 Å². The number of benzene rings is 2. The maximum Gasteiger partial charge on any atom is 0.352 e. The van der Waals surface area contributed by atoms with Crippen molar-refractivity contribution in [2.24, 2.45) is 19.2 Å². The minimum Gasteiger partial charge on any atom is -0.491 e. The summed E-state index contributed by atoms with van der Waals surface area (Å²) in [5.74, 6) is 0.703. The highest BCUT2D eigenvalue weighted by Crippen LogP contribution is 2.39. The topological polar surface area (TPSA) is 109 Å². The summed E-state index contributed by atoms with van der Waals surface area (Å²) in [6.07, 6.45) is 9.15. The first-order valence-corrected chi connectivity index (χ1v) is 17.7. The van der Waals surface area contributed by atoms with E-state index in [1.807, 2.05) is 42.1 Å². The maximum atomic E-state index is 12.6. The van der Waals surface area contributed by atoms with Crippen molar-refractivity contribution < 1.29 is 14.6 Å². The number of aromatic carboxylic acids is 1. The summed E-state index contributed by atoms with van der Waals surface area (Å²) in [5.41, 5.74) is 8.29. The molecule has 1 saturated heterocycles. The molecule has 1 fully saturated rings. The molecule has 0 radical (unpaired) electrons. The molecule has 2 aromatic heterocycles. The first-order valence-electron chi connectivity index (χ1n) is 16.3. The number of rotatable bonds is 1. The summed E-state index contributed by atoms with van der Waals surface area (Å²) in [6, 6.07) is 10.4. The molecular formula is C35H40ClN7O3S. The van der Waals surface area contributed by atoms with Crippen LogP contribution in [0.3, 0.4) is 0 Å². The van der Waals surface area contributed by atoms with Gasteiger partial charge in [-0.3, -0.25) is 9.69 Å². The van der Waals surface area contributed by atoms with Crippen molar-refractivity contribution in [3.63, 3.8) is 0 Å². The van der Waals surface area contributed by atoms with E-state index in [1.54, 1.807) is 16.3 Å². The van der Waals surface area contributed by atoms with Gasteiger partial charge in [-0.05, 0) is 80.0 Å². The first kappa shape index (κ1) is 31.7. The number of carboxylic acids is 1. The lowest BCUT2D eigenvalue weighted by Gasteiger charge is -2.22. The van der Waals surface area contributed by atoms with Crippen LogP contribution >= 0.6 is 23.4 Å². The Morgan fingerprint density at radius 2 is 2.00 bits per heavy atom. The molecule has 4 aromatic rings. The summed E-state index contributed by atoms with van der Waals surface area (Å²) in [7, 11) is 3.82. The lowest BCUT2D eigenvalue weighted by Crippen LogP contribution is -2.18. The summed E-state index contributed by atoms with van der Waals surface area (Å²) in [4.78, 5) is 13.8. The highest BCUT2D eigenvalue weighted by Gasteiger charge is 2.25. The Balaban J connectivity index is 1.25. The van der Waals surface area contributed by atoms with Crippen LogP contribution in [0.4, 0.5) is 5.69 Å². The van der Waals surface area contributed by atoms with Gasteiger partial charge in [0, 0.05) is 84.5 Å². The number of aromatic nitrogens is 3. The number of halogens is 1. The van der Waals surface area contributed by atoms with Crippen LogP contribution in [0, 0.1) is 0 Å². The van der Waals surface area contributed by atoms with Gasteiger partial charge in [0.1, 0.15) is 11.4 Å². The molecule has 0 unspecified atom stereocenters. The molecule has 3 aliphatic heterocycles. The van der Waals surface area contributed by atoms with Gasteiger partial charge in [-0.15, -0.1) is 11.8 Å². The van der Waals surface area contributed by atoms with Crippen LogP contribution in [-0.4, -0.2) is 62.9 Å². The second-order valence-corrected chi connectivity index (χ2v) is 13.8. The number of allylic oxidation sites excluding steroid dienone is 1. The second kappa shape index (κ2) is 13.7. The van der Waals surface area contributed by atoms with Gasteiger partial charge in [0.2, 0.25) is 0 Å². The molecule has 246 valence electrons. The average molecular weight is 674 g/mol. The number of hydrogen-bond acceptors (Lipinski definition) is 8. The third-order valence-electron chi connectivity index (χ3n) is 9.18. The molecular weight excluding hydrogens is 634 g/mol. The Labute approximate surface area is 283 Å². The standard InChI is InChI=1S/C35H40ClN7O3S/c1-41-33-28-9-10-30(36)29(33)18-24-7-4-14-43(24)39-13-12-37-20-23-17-25(42(2)40-23)21-47-26-16-22-6-3-11-38-32(22)31(19-26)46-15-5-8-27(28)34(41)35(44)45/h9-10,13,16-19,37-38H,3-8,11-12,14-15,20-21H2,1-2H3,(H,44,45)/b24-18+,39-13+. The Morgan fingerprint density at radius 1 is 1.11 bits per heavy atom. The van der Waals surface area contributed by atoms with Crippen LogP contribution in [0.25, 0.3) is 17.0 Å². The number of thioether (sulfide) groups is 1. The lowest BCUT2D eigenvalue weighted by molar-refractivity contribution is 0.0685. The van der Waals surface area contributed by atoms with Gasteiger partial charge in [-0.1, -0.05) is 17.7 Å². The predicted molar refractivity (Wildman–Crippen MR) is 189 cm³/mol. The van der Waals surface area contributed by atoms with Crippen LogP contribution < -0.4 is 15.4 Å². The normalized spacial score (nSPS) is 19.2. The van der Waals surface area contributed by atoms with Gasteiger partial charge in [-0.2, -0.15) is 10.2 Å². The van der Waals surface area contributed by atoms with E-state index in [0.29, 0.717) is 37.6 Å². The molecule has 0 atom stereocenters. The second-order valence-electron chi connectivity index (χ2n) is 12.3. The molecule has 10 nitrogen and oxygen atoms in total. The fraction of sp³-hybridized carbons (Fsp3) is 0.400. The average Bonchev–Trinajstić information content (AvgIpc) is 3.73. The molecule has 47 heavy (non-hydrogen) atoms. The molecule has 7 rings (SSSR count). The fourth-order valence-corrected chi connectivity index (χ4v) is 8.15. The number of fused-ring (bicyclic) bond motifs is 7. The maximum absolute atomic E-state index is 12.6. The third kappa shape index (κ3) is 6.48. The van der Waals surface area contributed by atoms with E-state index in [0.717, 1.165) is 100.0 Å². The van der Waals surface area contributed by atoms with Crippen molar-refractivity contribution in [1.82, 2.24) is 24.7 Å². The van der Waals surface area contributed by atoms with E-state index in [2.05, 4.69) is 34.9 Å². The summed E-state index contributed by atoms with van der Waals surface area (Å²) in [5, 5.41) is 30.4. The fourth-order valence-electron chi connectivity index (χ4n) is 6.94. The zero-order valence-electron chi connectivity index (χ0n) is 26.8. The highest BCUT2D eigenvalue weighted by molar-refractivity contribution is 7.98. The van der Waals surface area contributed by atoms with E-state index in [1.165, 1.54) is 5.56 Å². The van der Waals surface area contributed by atoms with Crippen molar-refractivity contribution in [2.75, 3.05) is 31.6 Å². The Hall–Kier alpha value is -3.93. The van der Waals surface area contributed by atoms with Gasteiger partial charge in [0.05, 0.1) is 23.5 Å². The van der Waals surface area contributed by atoms with Crippen molar-refractivity contribution in [1.29, 1.82) is 0 Å². The van der Waals surface area contributed by atoms with Crippen molar-refractivity contribution >= 4 is 58.2 Å². The Kier molecular flexibility index (Phi) is 9.20. The molecule has 3 N–H and O–H groups in total. The lowest BCUT2D eigenvalue weighted by atomic mass is 10.0. The predicted octanol–water partition coefficient (Wildman–Crippen LogP) is 6.45. The number of carboxylic acid groups (broad SMARTS) is 1. The van der Waals surface area contributed by atoms with E-state index < -0.39 is 5.97 Å². The number of nitrogens with one attached hydrogen (secondary N) is 2. The molecule has 12 heteroatoms. The molecule has 0 aliphatic carbocycles. The van der Waals surface area contributed by atoms with Gasteiger partial charge in [0.15, 0.2) is 0 Å². The largest absolute Gasteiger partial charge is 0.491 e. The molecule has 2 aromatic carbocycles. The van der Waals surface area contributed by atoms with Crippen LogP contribution in [0.1, 0.15) is 64.2 Å². The van der Waals surface area contributed by atoms with Gasteiger partial charge in [-0.25, -0.2) is 4.79 Å². The smallest absolute Gasteiger partial charge is 0.352 e. The minimum atomic E-state index is -0.949. The van der Waals surface area contributed by atoms with Crippen LogP contribution in [0.5, 0.6) is 5.75 Å². The molecule has 3 aliphatic rings. The molecule has 8 bridgehead atoms. The van der Waals surface area contributed by atoms with E-state index in [4.69, 9.17) is 26.5 Å². The monoisotopic (exact) mass is 673 g/mol. The third-order valence-corrected chi connectivity index (χ3v) is 10.5. The number of ether oxygens (including phenoxy) is 1. The molecule has 0 saturated carbocycles. The summed E-state index contributed by atoms with van der Waals surface area (Å²) >= 11 is 8.61. The number of carbonyl (C=O) groups is 1. The van der Waals surface area contributed by atoms with Crippen molar-refractivity contribution in [3.8, 4) is 5.75 Å². The van der Waals surface area contributed by atoms with Crippen LogP contribution in [-0.2, 0) is 39.2 Å². The zero-order chi connectivity index (χ0) is 32.5. The van der Waals surface area contributed by atoms with Gasteiger partial charge in [0.25, 0.3) is 0 Å².